The fourth-order valence-corrected chi connectivity index (χ4v) is 1.19. The molecule has 0 saturated heterocycles. The molecule has 68 valence electrons. The average Bonchev–Trinajstić information content (AvgIpc) is 2.18. The Balaban J connectivity index is 2.35. The number of nitrogens with zero attached hydrogens (tertiary/aromatic N) is 2. The number of hydrogen-bond donors (Lipinski definition) is 0. The van der Waals surface area contributed by atoms with Gasteiger partial charge in [-0.2, -0.15) is 10.2 Å². The van der Waals surface area contributed by atoms with Crippen molar-refractivity contribution < 1.29 is 0 Å². The quantitative estimate of drug-likeness (QED) is 0.637. The minimum absolute atomic E-state index is 0.881. The predicted molar refractivity (Wildman–Crippen MR) is 59.8 cm³/mol. The summed E-state index contributed by atoms with van der Waals surface area (Å²) in [6.07, 6.45) is 9.36. The van der Waals surface area contributed by atoms with Gasteiger partial charge in [-0.3, -0.25) is 0 Å². The highest BCUT2D eigenvalue weighted by Gasteiger charge is 1.97. The molecule has 2 heteroatoms. The Labute approximate surface area is 83.0 Å². The molecule has 1 aliphatic heterocycles. The molecule has 2 nitrogen and oxygen atoms in total. The normalized spacial score (nSPS) is 25.3. The molecule has 0 fully saturated rings. The average molecular weight is 182 g/mol. The summed E-state index contributed by atoms with van der Waals surface area (Å²) in [4.78, 5) is 0. The Kier molecular flexibility index (Phi) is 2.67. The van der Waals surface area contributed by atoms with Gasteiger partial charge in [-0.1, -0.05) is 42.5 Å². The third-order valence-electron chi connectivity index (χ3n) is 1.86. The van der Waals surface area contributed by atoms with Crippen LogP contribution >= 0.6 is 0 Å². The third-order valence-corrected chi connectivity index (χ3v) is 1.86. The molecule has 0 radical (unpaired) electrons. The van der Waals surface area contributed by atoms with Crippen molar-refractivity contribution in [1.82, 2.24) is 0 Å². The summed E-state index contributed by atoms with van der Waals surface area (Å²) in [7, 11) is 0. The van der Waals surface area contributed by atoms with E-state index >= 15 is 0 Å². The van der Waals surface area contributed by atoms with Crippen molar-refractivity contribution in [3.8, 4) is 0 Å². The molecule has 0 aliphatic carbocycles. The molecule has 2 rings (SSSR count). The molecule has 0 unspecified atom stereocenters. The lowest BCUT2D eigenvalue weighted by molar-refractivity contribution is 1.25. The number of benzene rings is 1. The van der Waals surface area contributed by atoms with E-state index in [9.17, 15) is 0 Å². The van der Waals surface area contributed by atoms with Crippen molar-refractivity contribution >= 4 is 11.9 Å². The van der Waals surface area contributed by atoms with E-state index in [4.69, 9.17) is 0 Å². The van der Waals surface area contributed by atoms with Gasteiger partial charge in [0.2, 0.25) is 0 Å². The highest BCUT2D eigenvalue weighted by molar-refractivity contribution is 6.09. The van der Waals surface area contributed by atoms with Crippen LogP contribution in [0.25, 0.3) is 0 Å². The molecular formula is C12H10N2. The Bertz CT molecular complexity index is 411. The Morgan fingerprint density at radius 3 is 2.57 bits per heavy atom. The van der Waals surface area contributed by atoms with Crippen LogP contribution in [0.2, 0.25) is 0 Å². The van der Waals surface area contributed by atoms with Crippen LogP contribution in [0.1, 0.15) is 5.56 Å². The zero-order chi connectivity index (χ0) is 9.64. The van der Waals surface area contributed by atoms with Crippen molar-refractivity contribution in [3.05, 3.63) is 60.2 Å². The Hall–Kier alpha value is -1.96. The van der Waals surface area contributed by atoms with E-state index < -0.39 is 0 Å². The summed E-state index contributed by atoms with van der Waals surface area (Å²) < 4.78 is 0. The number of allylic oxidation sites excluding steroid dienone is 4. The molecule has 0 saturated carbocycles. The summed E-state index contributed by atoms with van der Waals surface area (Å²) in [5.74, 6) is 0. The summed E-state index contributed by atoms with van der Waals surface area (Å²) >= 11 is 0. The molecule has 0 N–H and O–H groups in total. The molecular weight excluding hydrogens is 172 g/mol. The van der Waals surface area contributed by atoms with Gasteiger partial charge in [0.15, 0.2) is 0 Å². The van der Waals surface area contributed by atoms with E-state index in [-0.39, 0.29) is 0 Å². The van der Waals surface area contributed by atoms with E-state index in [1.165, 1.54) is 0 Å². The second kappa shape index (κ2) is 4.33. The Morgan fingerprint density at radius 2 is 1.71 bits per heavy atom. The molecule has 0 atom stereocenters. The van der Waals surface area contributed by atoms with Gasteiger partial charge in [-0.15, -0.1) is 0 Å². The lowest BCUT2D eigenvalue weighted by Crippen LogP contribution is -1.95. The van der Waals surface area contributed by atoms with Gasteiger partial charge in [0, 0.05) is 11.8 Å². The number of rotatable bonds is 1. The number of hydrogen-bond acceptors (Lipinski definition) is 2. The standard InChI is InChI=1S/C12H10N2/c1-3-7-11(8-4-1)12-9-5-2-6-10-13-14-12/h1-10H/b5-2?,6-2-,9-5-,10-6?,12-9?,13-10-,14-12+,14-13?. The van der Waals surface area contributed by atoms with Gasteiger partial charge in [0.05, 0.1) is 5.71 Å². The lowest BCUT2D eigenvalue weighted by atomic mass is 10.1. The highest BCUT2D eigenvalue weighted by atomic mass is 15.2. The third kappa shape index (κ3) is 2.04. The van der Waals surface area contributed by atoms with E-state index in [0.717, 1.165) is 11.3 Å². The minimum atomic E-state index is 0.881. The molecule has 1 aromatic rings. The monoisotopic (exact) mass is 182 g/mol. The first-order valence-electron chi connectivity index (χ1n) is 4.46. The largest absolute Gasteiger partial charge is 0.159 e. The topological polar surface area (TPSA) is 24.7 Å². The maximum absolute atomic E-state index is 4.10. The van der Waals surface area contributed by atoms with Crippen LogP contribution in [0.3, 0.4) is 0 Å². The highest BCUT2D eigenvalue weighted by Crippen LogP contribution is 2.03. The van der Waals surface area contributed by atoms with Gasteiger partial charge < -0.3 is 0 Å². The van der Waals surface area contributed by atoms with Gasteiger partial charge in [-0.05, 0) is 12.2 Å². The molecule has 0 spiro atoms. The molecule has 1 aromatic carbocycles. The molecule has 0 aromatic heterocycles. The molecule has 0 bridgehead atoms. The fourth-order valence-electron chi connectivity index (χ4n) is 1.19. The zero-order valence-electron chi connectivity index (χ0n) is 7.67. The van der Waals surface area contributed by atoms with Crippen LogP contribution in [-0.4, -0.2) is 11.9 Å². The first-order chi connectivity index (χ1) is 6.97. The predicted octanol–water partition coefficient (Wildman–Crippen LogP) is 2.59. The fraction of sp³-hybridized carbons (Fsp3) is 0. The van der Waals surface area contributed by atoms with Crippen LogP contribution in [0, 0.1) is 0 Å². The van der Waals surface area contributed by atoms with Gasteiger partial charge in [-0.25, -0.2) is 0 Å². The van der Waals surface area contributed by atoms with Gasteiger partial charge in [0.25, 0.3) is 0 Å². The van der Waals surface area contributed by atoms with Crippen LogP contribution in [0.5, 0.6) is 0 Å². The van der Waals surface area contributed by atoms with Crippen molar-refractivity contribution in [3.63, 3.8) is 0 Å². The maximum atomic E-state index is 4.10. The second-order valence-corrected chi connectivity index (χ2v) is 2.86. The first-order valence-corrected chi connectivity index (χ1v) is 4.46. The second-order valence-electron chi connectivity index (χ2n) is 2.86. The van der Waals surface area contributed by atoms with Gasteiger partial charge in [0.1, 0.15) is 0 Å². The van der Waals surface area contributed by atoms with Gasteiger partial charge >= 0.3 is 0 Å². The molecule has 1 aliphatic rings. The molecule has 0 amide bonds. The minimum Gasteiger partial charge on any atom is -0.159 e. The Morgan fingerprint density at radius 1 is 0.857 bits per heavy atom. The van der Waals surface area contributed by atoms with Crippen LogP contribution in [0.4, 0.5) is 0 Å². The van der Waals surface area contributed by atoms with E-state index in [2.05, 4.69) is 10.2 Å². The SMILES string of the molecule is C1=C\C=N/N=C(c2ccccc2)\C=C/1. The van der Waals surface area contributed by atoms with Crippen LogP contribution < -0.4 is 0 Å². The summed E-state index contributed by atoms with van der Waals surface area (Å²) in [5, 5.41) is 8.02. The van der Waals surface area contributed by atoms with Crippen LogP contribution in [-0.2, 0) is 0 Å². The van der Waals surface area contributed by atoms with Crippen molar-refractivity contribution in [2.75, 3.05) is 0 Å². The zero-order valence-corrected chi connectivity index (χ0v) is 7.67. The van der Waals surface area contributed by atoms with Crippen molar-refractivity contribution in [1.29, 1.82) is 0 Å². The van der Waals surface area contributed by atoms with Crippen molar-refractivity contribution in [2.45, 2.75) is 0 Å². The first kappa shape index (κ1) is 8.63. The lowest BCUT2D eigenvalue weighted by Gasteiger charge is -1.98. The smallest absolute Gasteiger partial charge is 0.0929 e. The van der Waals surface area contributed by atoms with E-state index in [1.54, 1.807) is 6.21 Å². The van der Waals surface area contributed by atoms with Crippen molar-refractivity contribution in [2.24, 2.45) is 10.2 Å². The molecule has 1 heterocycles. The van der Waals surface area contributed by atoms with E-state index in [1.807, 2.05) is 54.6 Å². The summed E-state index contributed by atoms with van der Waals surface area (Å²) in [5.41, 5.74) is 1.96. The van der Waals surface area contributed by atoms with E-state index in [0.29, 0.717) is 0 Å². The van der Waals surface area contributed by atoms with Crippen LogP contribution in [0.15, 0.2) is 64.8 Å². The summed E-state index contributed by atoms with van der Waals surface area (Å²) in [6, 6.07) is 10.0. The summed E-state index contributed by atoms with van der Waals surface area (Å²) in [6.45, 7) is 0. The maximum Gasteiger partial charge on any atom is 0.0929 e. The molecule has 14 heavy (non-hydrogen) atoms.